The molecule has 2 rings (SSSR count). The first-order valence-electron chi connectivity index (χ1n) is 5.72. The Kier molecular flexibility index (Phi) is 4.77. The Hall–Kier alpha value is -0.640. The van der Waals surface area contributed by atoms with Gasteiger partial charge in [-0.1, -0.05) is 34.1 Å². The minimum atomic E-state index is 0.538. The van der Waals surface area contributed by atoms with Gasteiger partial charge in [-0.05, 0) is 42.6 Å². The zero-order valence-corrected chi connectivity index (χ0v) is 12.2. The number of benzene rings is 1. The minimum absolute atomic E-state index is 0.538. The van der Waals surface area contributed by atoms with E-state index in [1.54, 1.807) is 0 Å². The molecular weight excluding hydrogens is 294 g/mol. The van der Waals surface area contributed by atoms with Gasteiger partial charge in [-0.3, -0.25) is 0 Å². The molecule has 0 saturated carbocycles. The number of rotatable bonds is 5. The molecule has 0 spiro atoms. The maximum atomic E-state index is 3.54. The summed E-state index contributed by atoms with van der Waals surface area (Å²) in [5, 5.41) is 5.43. The number of halogens is 1. The Balaban J connectivity index is 2.16. The van der Waals surface area contributed by atoms with Gasteiger partial charge in [0.15, 0.2) is 0 Å². The maximum Gasteiger partial charge on any atom is 0.0178 e. The van der Waals surface area contributed by atoms with E-state index < -0.39 is 0 Å². The van der Waals surface area contributed by atoms with Crippen LogP contribution in [0.1, 0.15) is 16.4 Å². The van der Waals surface area contributed by atoms with Gasteiger partial charge in [-0.15, -0.1) is 11.3 Å². The smallest absolute Gasteiger partial charge is 0.0178 e. The predicted octanol–water partition coefficient (Wildman–Crippen LogP) is 4.06. The van der Waals surface area contributed by atoms with Crippen molar-refractivity contribution < 1.29 is 0 Å². The highest BCUT2D eigenvalue weighted by Crippen LogP contribution is 2.25. The molecule has 0 radical (unpaired) electrons. The van der Waals surface area contributed by atoms with Gasteiger partial charge in [0, 0.05) is 21.8 Å². The lowest BCUT2D eigenvalue weighted by molar-refractivity contribution is 0.630. The van der Waals surface area contributed by atoms with Gasteiger partial charge in [0.2, 0.25) is 0 Å². The van der Waals surface area contributed by atoms with Crippen molar-refractivity contribution in [3.8, 4) is 0 Å². The van der Waals surface area contributed by atoms with Crippen molar-refractivity contribution in [3.05, 3.63) is 56.7 Å². The summed E-state index contributed by atoms with van der Waals surface area (Å²) < 4.78 is 1.15. The highest BCUT2D eigenvalue weighted by molar-refractivity contribution is 9.10. The van der Waals surface area contributed by atoms with E-state index in [4.69, 9.17) is 0 Å². The molecule has 0 fully saturated rings. The molecule has 1 aromatic carbocycles. The molecule has 90 valence electrons. The number of hydrogen-bond acceptors (Lipinski definition) is 2. The lowest BCUT2D eigenvalue weighted by Crippen LogP contribution is -2.18. The summed E-state index contributed by atoms with van der Waals surface area (Å²) in [5.41, 5.74) is 1.39. The van der Waals surface area contributed by atoms with Gasteiger partial charge >= 0.3 is 0 Å². The normalized spacial score (nSPS) is 12.6. The third-order valence-electron chi connectivity index (χ3n) is 2.80. The predicted molar refractivity (Wildman–Crippen MR) is 78.8 cm³/mol. The van der Waals surface area contributed by atoms with E-state index in [0.717, 1.165) is 17.4 Å². The summed E-state index contributed by atoms with van der Waals surface area (Å²) in [6, 6.07) is 12.9. The third-order valence-corrected chi connectivity index (χ3v) is 4.19. The number of likely N-dealkylation sites (N-methyl/N-ethyl adjacent to an activating group) is 1. The van der Waals surface area contributed by atoms with Crippen LogP contribution in [0.15, 0.2) is 46.3 Å². The van der Waals surface area contributed by atoms with Crippen LogP contribution in [0.25, 0.3) is 0 Å². The SMILES string of the molecule is CNCC(Cc1cccs1)c1cccc(Br)c1. The molecule has 0 amide bonds. The van der Waals surface area contributed by atoms with E-state index in [2.05, 4.69) is 63.0 Å². The standard InChI is InChI=1S/C14H16BrNS/c1-16-10-12(9-14-6-3-7-17-14)11-4-2-5-13(15)8-11/h2-8,12,16H,9-10H2,1H3. The zero-order chi connectivity index (χ0) is 12.1. The lowest BCUT2D eigenvalue weighted by atomic mass is 9.95. The van der Waals surface area contributed by atoms with Crippen LogP contribution in [-0.2, 0) is 6.42 Å². The van der Waals surface area contributed by atoms with Crippen LogP contribution >= 0.6 is 27.3 Å². The van der Waals surface area contributed by atoms with Gasteiger partial charge in [0.05, 0.1) is 0 Å². The van der Waals surface area contributed by atoms with Crippen molar-refractivity contribution in [3.63, 3.8) is 0 Å². The molecule has 0 aliphatic carbocycles. The molecule has 1 unspecified atom stereocenters. The van der Waals surface area contributed by atoms with Gasteiger partial charge in [0.1, 0.15) is 0 Å². The summed E-state index contributed by atoms with van der Waals surface area (Å²) in [7, 11) is 2.01. The van der Waals surface area contributed by atoms with Crippen LogP contribution < -0.4 is 5.32 Å². The van der Waals surface area contributed by atoms with Crippen LogP contribution in [0.4, 0.5) is 0 Å². The molecule has 1 heterocycles. The van der Waals surface area contributed by atoms with Crippen LogP contribution in [-0.4, -0.2) is 13.6 Å². The Bertz CT molecular complexity index is 453. The molecule has 1 aromatic heterocycles. The summed E-state index contributed by atoms with van der Waals surface area (Å²) in [4.78, 5) is 1.45. The van der Waals surface area contributed by atoms with E-state index in [1.807, 2.05) is 18.4 Å². The second-order valence-electron chi connectivity index (χ2n) is 4.09. The Morgan fingerprint density at radius 3 is 2.82 bits per heavy atom. The Labute approximate surface area is 115 Å². The molecule has 0 saturated heterocycles. The molecule has 1 N–H and O–H groups in total. The van der Waals surface area contributed by atoms with Crippen LogP contribution in [0.3, 0.4) is 0 Å². The highest BCUT2D eigenvalue weighted by Gasteiger charge is 2.12. The van der Waals surface area contributed by atoms with Crippen molar-refractivity contribution in [2.45, 2.75) is 12.3 Å². The summed E-state index contributed by atoms with van der Waals surface area (Å²) in [6.45, 7) is 1.01. The molecule has 1 atom stereocenters. The van der Waals surface area contributed by atoms with Gasteiger partial charge < -0.3 is 5.32 Å². The lowest BCUT2D eigenvalue weighted by Gasteiger charge is -2.16. The topological polar surface area (TPSA) is 12.0 Å². The van der Waals surface area contributed by atoms with Gasteiger partial charge in [-0.2, -0.15) is 0 Å². The van der Waals surface area contributed by atoms with Crippen molar-refractivity contribution in [1.29, 1.82) is 0 Å². The Morgan fingerprint density at radius 2 is 2.18 bits per heavy atom. The quantitative estimate of drug-likeness (QED) is 0.878. The van der Waals surface area contributed by atoms with E-state index >= 15 is 0 Å². The molecule has 1 nitrogen and oxygen atoms in total. The van der Waals surface area contributed by atoms with E-state index in [1.165, 1.54) is 10.4 Å². The van der Waals surface area contributed by atoms with Crippen molar-refractivity contribution >= 4 is 27.3 Å². The number of nitrogens with one attached hydrogen (secondary N) is 1. The van der Waals surface area contributed by atoms with E-state index in [9.17, 15) is 0 Å². The van der Waals surface area contributed by atoms with Crippen molar-refractivity contribution in [2.75, 3.05) is 13.6 Å². The summed E-state index contributed by atoms with van der Waals surface area (Å²) in [5.74, 6) is 0.538. The van der Waals surface area contributed by atoms with Crippen LogP contribution in [0.5, 0.6) is 0 Å². The largest absolute Gasteiger partial charge is 0.319 e. The molecule has 0 aliphatic rings. The first-order chi connectivity index (χ1) is 8.29. The average Bonchev–Trinajstić information content (AvgIpc) is 2.81. The van der Waals surface area contributed by atoms with Crippen molar-refractivity contribution in [2.24, 2.45) is 0 Å². The average molecular weight is 310 g/mol. The minimum Gasteiger partial charge on any atom is -0.319 e. The zero-order valence-electron chi connectivity index (χ0n) is 9.82. The molecule has 0 bridgehead atoms. The van der Waals surface area contributed by atoms with Crippen LogP contribution in [0, 0.1) is 0 Å². The molecular formula is C14H16BrNS. The van der Waals surface area contributed by atoms with E-state index in [-0.39, 0.29) is 0 Å². The number of thiophene rings is 1. The Morgan fingerprint density at radius 1 is 1.29 bits per heavy atom. The van der Waals surface area contributed by atoms with E-state index in [0.29, 0.717) is 5.92 Å². The fraction of sp³-hybridized carbons (Fsp3) is 0.286. The second-order valence-corrected chi connectivity index (χ2v) is 6.04. The highest BCUT2D eigenvalue weighted by atomic mass is 79.9. The molecule has 2 aromatic rings. The molecule has 3 heteroatoms. The second kappa shape index (κ2) is 6.34. The molecule has 17 heavy (non-hydrogen) atoms. The number of hydrogen-bond donors (Lipinski definition) is 1. The first-order valence-corrected chi connectivity index (χ1v) is 7.39. The fourth-order valence-electron chi connectivity index (χ4n) is 1.99. The molecule has 0 aliphatic heterocycles. The monoisotopic (exact) mass is 309 g/mol. The maximum absolute atomic E-state index is 3.54. The first kappa shape index (κ1) is 12.8. The van der Waals surface area contributed by atoms with Crippen LogP contribution in [0.2, 0.25) is 0 Å². The van der Waals surface area contributed by atoms with Crippen molar-refractivity contribution in [1.82, 2.24) is 5.32 Å². The summed E-state index contributed by atoms with van der Waals surface area (Å²) in [6.07, 6.45) is 1.11. The van der Waals surface area contributed by atoms with Gasteiger partial charge in [-0.25, -0.2) is 0 Å². The third kappa shape index (κ3) is 3.66. The fourth-order valence-corrected chi connectivity index (χ4v) is 3.19. The summed E-state index contributed by atoms with van der Waals surface area (Å²) >= 11 is 5.38. The van der Waals surface area contributed by atoms with Gasteiger partial charge in [0.25, 0.3) is 0 Å².